The highest BCUT2D eigenvalue weighted by Crippen LogP contribution is 2.47. The number of hydrogen-bond donors (Lipinski definition) is 0. The number of hydrogen-bond acceptors (Lipinski definition) is 3. The molecule has 0 aliphatic carbocycles. The van der Waals surface area contributed by atoms with Crippen LogP contribution < -0.4 is 4.90 Å². The van der Waals surface area contributed by atoms with Crippen molar-refractivity contribution in [3.8, 4) is 0 Å². The second-order valence-electron chi connectivity index (χ2n) is 9.07. The van der Waals surface area contributed by atoms with Crippen molar-refractivity contribution in [1.82, 2.24) is 9.88 Å². The number of piperidine rings is 1. The van der Waals surface area contributed by atoms with Crippen LogP contribution in [0.3, 0.4) is 0 Å². The first kappa shape index (κ1) is 24.3. The Kier molecular flexibility index (Phi) is 6.86. The van der Waals surface area contributed by atoms with Gasteiger partial charge in [-0.2, -0.15) is 0 Å². The van der Waals surface area contributed by atoms with Crippen molar-refractivity contribution in [2.75, 3.05) is 31.1 Å². The van der Waals surface area contributed by atoms with E-state index in [1.54, 1.807) is 35.2 Å². The highest BCUT2D eigenvalue weighted by atomic mass is 35.5. The van der Waals surface area contributed by atoms with Crippen molar-refractivity contribution in [2.24, 2.45) is 0 Å². The Balaban J connectivity index is 1.31. The maximum atomic E-state index is 14.3. The van der Waals surface area contributed by atoms with Gasteiger partial charge in [0.1, 0.15) is 11.0 Å². The molecule has 35 heavy (non-hydrogen) atoms. The highest BCUT2D eigenvalue weighted by molar-refractivity contribution is 6.35. The highest BCUT2D eigenvalue weighted by Gasteiger charge is 2.46. The van der Waals surface area contributed by atoms with Crippen molar-refractivity contribution in [2.45, 2.75) is 18.3 Å². The predicted octanol–water partition coefficient (Wildman–Crippen LogP) is 6.89. The molecule has 2 aliphatic rings. The van der Waals surface area contributed by atoms with Crippen molar-refractivity contribution in [3.05, 3.63) is 98.5 Å². The summed E-state index contributed by atoms with van der Waals surface area (Å²) in [6.45, 7) is 2.99. The van der Waals surface area contributed by atoms with Crippen LogP contribution >= 0.6 is 34.8 Å². The molecule has 5 rings (SSSR count). The molecule has 1 fully saturated rings. The summed E-state index contributed by atoms with van der Waals surface area (Å²) < 4.78 is 14.3. The van der Waals surface area contributed by atoms with E-state index in [9.17, 15) is 9.18 Å². The molecule has 1 aromatic heterocycles. The summed E-state index contributed by atoms with van der Waals surface area (Å²) >= 11 is 18.3. The average molecular weight is 531 g/mol. The first-order valence-corrected chi connectivity index (χ1v) is 12.6. The lowest BCUT2D eigenvalue weighted by Crippen LogP contribution is -2.46. The molecule has 0 bridgehead atoms. The molecule has 0 atom stereocenters. The molecule has 0 radical (unpaired) electrons. The second-order valence-corrected chi connectivity index (χ2v) is 10.3. The number of anilines is 1. The predicted molar refractivity (Wildman–Crippen MR) is 140 cm³/mol. The molecule has 4 nitrogen and oxygen atoms in total. The minimum atomic E-state index is -0.283. The number of pyridine rings is 1. The quantitative estimate of drug-likeness (QED) is 0.345. The van der Waals surface area contributed by atoms with Gasteiger partial charge in [0.05, 0.1) is 0 Å². The largest absolute Gasteiger partial charge is 0.307 e. The summed E-state index contributed by atoms with van der Waals surface area (Å²) in [5, 5.41) is 1.50. The Morgan fingerprint density at radius 2 is 1.86 bits per heavy atom. The van der Waals surface area contributed by atoms with Gasteiger partial charge < -0.3 is 4.90 Å². The average Bonchev–Trinajstić information content (AvgIpc) is 3.14. The van der Waals surface area contributed by atoms with Gasteiger partial charge in [-0.3, -0.25) is 9.69 Å². The number of carbonyl (C=O) groups is 1. The van der Waals surface area contributed by atoms with Crippen molar-refractivity contribution in [3.63, 3.8) is 0 Å². The molecule has 1 spiro atoms. The summed E-state index contributed by atoms with van der Waals surface area (Å²) in [6.07, 6.45) is 7.29. The second kappa shape index (κ2) is 9.90. The van der Waals surface area contributed by atoms with Crippen molar-refractivity contribution in [1.29, 1.82) is 0 Å². The first-order chi connectivity index (χ1) is 16.8. The topological polar surface area (TPSA) is 36.4 Å². The lowest BCUT2D eigenvalue weighted by molar-refractivity contribution is 0.0977. The minimum absolute atomic E-state index is 0.149. The van der Waals surface area contributed by atoms with Gasteiger partial charge in [-0.1, -0.05) is 53.0 Å². The number of halogens is 4. The number of fused-ring (bicyclic) bond motifs is 2. The van der Waals surface area contributed by atoms with Crippen molar-refractivity contribution < 1.29 is 9.18 Å². The smallest absolute Gasteiger partial charge is 0.258 e. The number of carbonyl (C=O) groups excluding carboxylic acids is 1. The van der Waals surface area contributed by atoms with Gasteiger partial charge in [0.2, 0.25) is 0 Å². The van der Waals surface area contributed by atoms with Crippen LogP contribution in [0.25, 0.3) is 6.08 Å². The minimum Gasteiger partial charge on any atom is -0.307 e. The van der Waals surface area contributed by atoms with E-state index >= 15 is 0 Å². The molecule has 3 aromatic rings. The fourth-order valence-corrected chi connectivity index (χ4v) is 5.72. The third-order valence-electron chi connectivity index (χ3n) is 6.94. The standard InChI is InChI=1S/C27H23Cl3FN3O/c28-20-4-3-18(23(29)15-20)2-1-11-33-12-8-27(9-13-33)17-34(24-6-5-21(31)16-22(24)27)26(35)19-7-10-32-25(30)14-19/h1-7,10,14-16H,8-9,11-13,17H2. The van der Waals surface area contributed by atoms with Gasteiger partial charge in [-0.25, -0.2) is 9.37 Å². The Morgan fingerprint density at radius 1 is 1.06 bits per heavy atom. The Hall–Kier alpha value is -2.44. The first-order valence-electron chi connectivity index (χ1n) is 11.4. The molecule has 180 valence electrons. The normalized spacial score (nSPS) is 17.3. The SMILES string of the molecule is O=C(c1ccnc(Cl)c1)N1CC2(CCN(CC=Cc3ccc(Cl)cc3Cl)CC2)c2cc(F)ccc21. The van der Waals surface area contributed by atoms with E-state index in [0.717, 1.165) is 49.3 Å². The summed E-state index contributed by atoms with van der Waals surface area (Å²) in [5.41, 5.74) is 2.81. The Bertz CT molecular complexity index is 1300. The molecule has 8 heteroatoms. The summed E-state index contributed by atoms with van der Waals surface area (Å²) in [7, 11) is 0. The van der Waals surface area contributed by atoms with Crippen LogP contribution in [-0.2, 0) is 5.41 Å². The molecule has 2 aromatic carbocycles. The summed E-state index contributed by atoms with van der Waals surface area (Å²) in [5.74, 6) is -0.432. The van der Waals surface area contributed by atoms with E-state index in [4.69, 9.17) is 34.8 Å². The number of aromatic nitrogens is 1. The zero-order valence-corrected chi connectivity index (χ0v) is 21.1. The van der Waals surface area contributed by atoms with Crippen LogP contribution in [0.15, 0.2) is 60.8 Å². The monoisotopic (exact) mass is 529 g/mol. The molecule has 0 saturated carbocycles. The summed E-state index contributed by atoms with van der Waals surface area (Å²) in [4.78, 5) is 21.5. The Labute approximate surface area is 218 Å². The molecule has 2 aliphatic heterocycles. The van der Waals surface area contributed by atoms with Gasteiger partial charge in [0.25, 0.3) is 5.91 Å². The number of rotatable bonds is 4. The third-order valence-corrected chi connectivity index (χ3v) is 7.71. The fourth-order valence-electron chi connectivity index (χ4n) is 5.07. The van der Waals surface area contributed by atoms with Gasteiger partial charge in [0, 0.05) is 46.0 Å². The number of nitrogens with zero attached hydrogens (tertiary/aromatic N) is 3. The maximum absolute atomic E-state index is 14.3. The molecule has 1 amide bonds. The van der Waals surface area contributed by atoms with Crippen LogP contribution in [0, 0.1) is 5.82 Å². The van der Waals surface area contributed by atoms with Gasteiger partial charge >= 0.3 is 0 Å². The van der Waals surface area contributed by atoms with E-state index in [0.29, 0.717) is 22.2 Å². The van der Waals surface area contributed by atoms with Gasteiger partial charge in [-0.05, 0) is 79.5 Å². The lowest BCUT2D eigenvalue weighted by Gasteiger charge is -2.39. The van der Waals surface area contributed by atoms with Gasteiger partial charge in [0.15, 0.2) is 0 Å². The van der Waals surface area contributed by atoms with Crippen LogP contribution in [0.4, 0.5) is 10.1 Å². The van der Waals surface area contributed by atoms with Gasteiger partial charge in [-0.15, -0.1) is 0 Å². The zero-order chi connectivity index (χ0) is 24.6. The van der Waals surface area contributed by atoms with Crippen LogP contribution in [-0.4, -0.2) is 42.0 Å². The van der Waals surface area contributed by atoms with E-state index in [1.165, 1.54) is 12.3 Å². The molecule has 3 heterocycles. The lowest BCUT2D eigenvalue weighted by atomic mass is 9.74. The molecular formula is C27H23Cl3FN3O. The maximum Gasteiger partial charge on any atom is 0.258 e. The molecular weight excluding hydrogens is 508 g/mol. The zero-order valence-electron chi connectivity index (χ0n) is 18.9. The van der Waals surface area contributed by atoms with Crippen LogP contribution in [0.1, 0.15) is 34.3 Å². The number of amides is 1. The van der Waals surface area contributed by atoms with E-state index in [1.807, 2.05) is 18.2 Å². The van der Waals surface area contributed by atoms with E-state index < -0.39 is 0 Å². The third kappa shape index (κ3) is 4.96. The summed E-state index contributed by atoms with van der Waals surface area (Å²) in [6, 6.07) is 13.4. The molecule has 1 saturated heterocycles. The van der Waals surface area contributed by atoms with E-state index in [2.05, 4.69) is 16.0 Å². The van der Waals surface area contributed by atoms with E-state index in [-0.39, 0.29) is 22.3 Å². The fraction of sp³-hybridized carbons (Fsp3) is 0.259. The van der Waals surface area contributed by atoms with Crippen LogP contribution in [0.5, 0.6) is 0 Å². The van der Waals surface area contributed by atoms with Crippen molar-refractivity contribution >= 4 is 52.5 Å². The number of benzene rings is 2. The molecule has 0 unspecified atom stereocenters. The number of likely N-dealkylation sites (tertiary alicyclic amines) is 1. The molecule has 0 N–H and O–H groups in total. The Morgan fingerprint density at radius 3 is 2.60 bits per heavy atom. The van der Waals surface area contributed by atoms with Crippen LogP contribution in [0.2, 0.25) is 15.2 Å².